The molecule has 2 nitrogen and oxygen atoms in total. The molecule has 0 amide bonds. The Labute approximate surface area is 84.5 Å². The van der Waals surface area contributed by atoms with E-state index in [0.717, 1.165) is 4.88 Å². The molecule has 11 heavy (non-hydrogen) atoms. The number of hydrogen-bond acceptors (Lipinski definition) is 2. The summed E-state index contributed by atoms with van der Waals surface area (Å²) in [4.78, 5) is 11.5. The molecular weight excluding hydrogens is 296 g/mol. The standard InChI is InChI=1S/C6H4Br2O2S/c7-1-4-5(6(9)10)3(8)2-11-4/h2H,1H2,(H,9,10). The largest absolute Gasteiger partial charge is 0.478 e. The highest BCUT2D eigenvalue weighted by atomic mass is 79.9. The van der Waals surface area contributed by atoms with Crippen LogP contribution in [-0.4, -0.2) is 11.1 Å². The summed E-state index contributed by atoms with van der Waals surface area (Å²) < 4.78 is 0.657. The number of thiophene rings is 1. The minimum atomic E-state index is -0.882. The Kier molecular flexibility index (Phi) is 3.09. The smallest absolute Gasteiger partial charge is 0.338 e. The highest BCUT2D eigenvalue weighted by Gasteiger charge is 2.14. The first-order valence-corrected chi connectivity index (χ1v) is 5.51. The van der Waals surface area contributed by atoms with Crippen molar-refractivity contribution in [1.29, 1.82) is 0 Å². The molecule has 0 spiro atoms. The predicted molar refractivity (Wildman–Crippen MR) is 51.6 cm³/mol. The summed E-state index contributed by atoms with van der Waals surface area (Å²) in [6.45, 7) is 0. The van der Waals surface area contributed by atoms with E-state index in [4.69, 9.17) is 5.11 Å². The first-order chi connectivity index (χ1) is 5.16. The molecule has 0 bridgehead atoms. The van der Waals surface area contributed by atoms with Crippen LogP contribution in [0.15, 0.2) is 9.85 Å². The maximum atomic E-state index is 10.6. The van der Waals surface area contributed by atoms with Crippen LogP contribution in [0.3, 0.4) is 0 Å². The van der Waals surface area contributed by atoms with Gasteiger partial charge in [-0.1, -0.05) is 15.9 Å². The van der Waals surface area contributed by atoms with Gasteiger partial charge in [0.1, 0.15) is 0 Å². The van der Waals surface area contributed by atoms with Crippen molar-refractivity contribution in [1.82, 2.24) is 0 Å². The third-order valence-corrected chi connectivity index (χ3v) is 4.00. The molecule has 0 saturated carbocycles. The number of rotatable bonds is 2. The maximum absolute atomic E-state index is 10.6. The molecule has 1 heterocycles. The van der Waals surface area contributed by atoms with Crippen LogP contribution < -0.4 is 0 Å². The van der Waals surface area contributed by atoms with Crippen molar-refractivity contribution in [2.45, 2.75) is 5.33 Å². The van der Waals surface area contributed by atoms with Crippen molar-refractivity contribution in [3.63, 3.8) is 0 Å². The molecule has 0 atom stereocenters. The summed E-state index contributed by atoms with van der Waals surface area (Å²) >= 11 is 7.81. The second kappa shape index (κ2) is 3.69. The van der Waals surface area contributed by atoms with Crippen molar-refractivity contribution in [2.75, 3.05) is 0 Å². The fourth-order valence-electron chi connectivity index (χ4n) is 0.694. The van der Waals surface area contributed by atoms with Crippen molar-refractivity contribution in [3.8, 4) is 0 Å². The Bertz CT molecular complexity index is 282. The van der Waals surface area contributed by atoms with E-state index in [9.17, 15) is 4.79 Å². The molecular formula is C6H4Br2O2S. The molecule has 0 radical (unpaired) electrons. The van der Waals surface area contributed by atoms with Gasteiger partial charge in [0.15, 0.2) is 0 Å². The molecule has 5 heteroatoms. The van der Waals surface area contributed by atoms with Crippen LogP contribution in [0.4, 0.5) is 0 Å². The lowest BCUT2D eigenvalue weighted by Gasteiger charge is -1.93. The van der Waals surface area contributed by atoms with E-state index in [1.54, 1.807) is 5.38 Å². The zero-order valence-corrected chi connectivity index (χ0v) is 9.29. The number of carboxylic acid groups (broad SMARTS) is 1. The number of carbonyl (C=O) groups is 1. The van der Waals surface area contributed by atoms with E-state index in [1.165, 1.54) is 11.3 Å². The Morgan fingerprint density at radius 1 is 1.73 bits per heavy atom. The molecule has 0 aromatic carbocycles. The van der Waals surface area contributed by atoms with E-state index in [0.29, 0.717) is 15.4 Å². The van der Waals surface area contributed by atoms with Gasteiger partial charge >= 0.3 is 5.97 Å². The molecule has 60 valence electrons. The van der Waals surface area contributed by atoms with Crippen LogP contribution in [0.1, 0.15) is 15.2 Å². The van der Waals surface area contributed by atoms with E-state index in [2.05, 4.69) is 31.9 Å². The molecule has 1 aromatic rings. The summed E-state index contributed by atoms with van der Waals surface area (Å²) in [5.74, 6) is -0.882. The molecule has 1 aromatic heterocycles. The highest BCUT2D eigenvalue weighted by molar-refractivity contribution is 9.10. The van der Waals surface area contributed by atoms with Crippen LogP contribution in [0, 0.1) is 0 Å². The SMILES string of the molecule is O=C(O)c1c(Br)csc1CBr. The number of alkyl halides is 1. The van der Waals surface area contributed by atoms with Crippen LogP contribution in [0.5, 0.6) is 0 Å². The average molecular weight is 300 g/mol. The lowest BCUT2D eigenvalue weighted by Crippen LogP contribution is -1.97. The van der Waals surface area contributed by atoms with Crippen LogP contribution in [0.25, 0.3) is 0 Å². The molecule has 1 rings (SSSR count). The summed E-state index contributed by atoms with van der Waals surface area (Å²) in [5.41, 5.74) is 0.367. The quantitative estimate of drug-likeness (QED) is 0.852. The highest BCUT2D eigenvalue weighted by Crippen LogP contribution is 2.28. The Hall–Kier alpha value is 0.130. The minimum Gasteiger partial charge on any atom is -0.478 e. The van der Waals surface area contributed by atoms with Gasteiger partial charge in [-0.25, -0.2) is 4.79 Å². The third-order valence-electron chi connectivity index (χ3n) is 1.16. The lowest BCUT2D eigenvalue weighted by atomic mass is 10.3. The monoisotopic (exact) mass is 298 g/mol. The van der Waals surface area contributed by atoms with E-state index in [1.807, 2.05) is 0 Å². The minimum absolute atomic E-state index is 0.367. The number of aromatic carboxylic acids is 1. The normalized spacial score (nSPS) is 10.0. The van der Waals surface area contributed by atoms with Gasteiger partial charge in [0, 0.05) is 20.1 Å². The predicted octanol–water partition coefficient (Wildman–Crippen LogP) is 3.10. The average Bonchev–Trinajstić information content (AvgIpc) is 2.30. The Morgan fingerprint density at radius 3 is 2.73 bits per heavy atom. The van der Waals surface area contributed by atoms with Crippen molar-refractivity contribution >= 4 is 49.2 Å². The van der Waals surface area contributed by atoms with Crippen molar-refractivity contribution in [2.24, 2.45) is 0 Å². The van der Waals surface area contributed by atoms with Gasteiger partial charge in [0.2, 0.25) is 0 Å². The van der Waals surface area contributed by atoms with Gasteiger partial charge in [-0.2, -0.15) is 0 Å². The molecule has 1 N–H and O–H groups in total. The molecule has 0 unspecified atom stereocenters. The first-order valence-electron chi connectivity index (χ1n) is 2.72. The van der Waals surface area contributed by atoms with Crippen LogP contribution in [0.2, 0.25) is 0 Å². The van der Waals surface area contributed by atoms with Gasteiger partial charge in [0.25, 0.3) is 0 Å². The number of hydrogen-bond donors (Lipinski definition) is 1. The zero-order chi connectivity index (χ0) is 8.43. The first kappa shape index (κ1) is 9.22. The molecule has 0 saturated heterocycles. The Morgan fingerprint density at radius 2 is 2.36 bits per heavy atom. The van der Waals surface area contributed by atoms with Gasteiger partial charge in [-0.3, -0.25) is 0 Å². The summed E-state index contributed by atoms with van der Waals surface area (Å²) in [6.07, 6.45) is 0. The molecule has 0 aliphatic carbocycles. The van der Waals surface area contributed by atoms with Crippen molar-refractivity contribution < 1.29 is 9.90 Å². The Balaban J connectivity index is 3.17. The van der Waals surface area contributed by atoms with Crippen molar-refractivity contribution in [3.05, 3.63) is 20.3 Å². The van der Waals surface area contributed by atoms with Crippen LogP contribution in [-0.2, 0) is 5.33 Å². The fraction of sp³-hybridized carbons (Fsp3) is 0.167. The summed E-state index contributed by atoms with van der Waals surface area (Å²) in [6, 6.07) is 0. The van der Waals surface area contributed by atoms with E-state index < -0.39 is 5.97 Å². The maximum Gasteiger partial charge on any atom is 0.338 e. The second-order valence-corrected chi connectivity index (χ2v) is 4.20. The zero-order valence-electron chi connectivity index (χ0n) is 5.30. The molecule has 0 aliphatic heterocycles. The second-order valence-electron chi connectivity index (χ2n) is 1.82. The topological polar surface area (TPSA) is 37.3 Å². The van der Waals surface area contributed by atoms with E-state index >= 15 is 0 Å². The van der Waals surface area contributed by atoms with Gasteiger partial charge in [-0.15, -0.1) is 11.3 Å². The van der Waals surface area contributed by atoms with E-state index in [-0.39, 0.29) is 0 Å². The molecule has 0 aliphatic rings. The van der Waals surface area contributed by atoms with Crippen LogP contribution >= 0.6 is 43.2 Å². The van der Waals surface area contributed by atoms with Gasteiger partial charge in [0.05, 0.1) is 5.56 Å². The number of carboxylic acids is 1. The number of halogens is 2. The molecule has 0 fully saturated rings. The summed E-state index contributed by atoms with van der Waals surface area (Å²) in [5, 5.41) is 11.1. The fourth-order valence-corrected chi connectivity index (χ4v) is 2.93. The van der Waals surface area contributed by atoms with Gasteiger partial charge in [-0.05, 0) is 15.9 Å². The summed E-state index contributed by atoms with van der Waals surface area (Å²) in [7, 11) is 0. The third kappa shape index (κ3) is 1.83. The lowest BCUT2D eigenvalue weighted by molar-refractivity contribution is 0.0696. The van der Waals surface area contributed by atoms with Gasteiger partial charge < -0.3 is 5.11 Å².